The molecule has 2 heterocycles. The van der Waals surface area contributed by atoms with Gasteiger partial charge < -0.3 is 0 Å². The number of benzene rings is 4. The molecule has 2 aromatic heterocycles. The quantitative estimate of drug-likeness (QED) is 0.170. The number of nitrogens with zero attached hydrogens (tertiary/aromatic N) is 4. The van der Waals surface area contributed by atoms with Gasteiger partial charge in [-0.15, -0.1) is 0 Å². The molecule has 6 aromatic rings. The first-order chi connectivity index (χ1) is 17.7. The fraction of sp³-hybridized carbons (Fsp3) is 0.0345. The van der Waals surface area contributed by atoms with Gasteiger partial charge >= 0.3 is 0 Å². The molecule has 0 aliphatic heterocycles. The molecule has 7 heteroatoms. The molecule has 0 N–H and O–H groups in total. The molecule has 0 saturated heterocycles. The molecular formula is C29H19BrN4OS. The fourth-order valence-electron chi connectivity index (χ4n) is 4.15. The van der Waals surface area contributed by atoms with E-state index in [0.29, 0.717) is 28.3 Å². The Kier molecular flexibility index (Phi) is 6.09. The van der Waals surface area contributed by atoms with Crippen molar-refractivity contribution in [3.8, 4) is 17.1 Å². The lowest BCUT2D eigenvalue weighted by Crippen LogP contribution is -2.23. The summed E-state index contributed by atoms with van der Waals surface area (Å²) in [5.41, 5.74) is 3.21. The summed E-state index contributed by atoms with van der Waals surface area (Å²) < 4.78 is 2.66. The monoisotopic (exact) mass is 550 g/mol. The molecule has 36 heavy (non-hydrogen) atoms. The SMILES string of the molecule is O=c1c2ccccc2nc(CSc2nc(-c3ccccc3)nc3ccc(Br)cc23)n1-c1ccccc1. The number of hydrogen-bond donors (Lipinski definition) is 0. The lowest BCUT2D eigenvalue weighted by Gasteiger charge is -2.14. The minimum atomic E-state index is -0.0809. The van der Waals surface area contributed by atoms with Crippen molar-refractivity contribution >= 4 is 49.5 Å². The molecule has 0 aliphatic rings. The normalized spacial score (nSPS) is 11.2. The molecule has 0 amide bonds. The second kappa shape index (κ2) is 9.68. The number of halogens is 1. The van der Waals surface area contributed by atoms with E-state index in [4.69, 9.17) is 15.0 Å². The Morgan fingerprint density at radius 1 is 0.722 bits per heavy atom. The molecule has 0 unspecified atom stereocenters. The van der Waals surface area contributed by atoms with Gasteiger partial charge in [0.1, 0.15) is 10.9 Å². The fourth-order valence-corrected chi connectivity index (χ4v) is 5.44. The van der Waals surface area contributed by atoms with E-state index in [1.165, 1.54) is 0 Å². The third kappa shape index (κ3) is 4.32. The average Bonchev–Trinajstić information content (AvgIpc) is 2.93. The Balaban J connectivity index is 1.49. The van der Waals surface area contributed by atoms with Gasteiger partial charge in [0, 0.05) is 15.4 Å². The average molecular weight is 551 g/mol. The standard InChI is InChI=1S/C29H19BrN4OS/c30-20-15-16-25-23(17-20)28(33-27(32-25)19-9-3-1-4-10-19)36-18-26-31-24-14-8-7-13-22(24)29(35)34(26)21-11-5-2-6-12-21/h1-17H,18H2. The highest BCUT2D eigenvalue weighted by molar-refractivity contribution is 9.10. The highest BCUT2D eigenvalue weighted by Crippen LogP contribution is 2.32. The molecule has 0 radical (unpaired) electrons. The van der Waals surface area contributed by atoms with E-state index in [0.717, 1.165) is 31.7 Å². The van der Waals surface area contributed by atoms with Crippen LogP contribution in [0.15, 0.2) is 117 Å². The van der Waals surface area contributed by atoms with Crippen LogP contribution in [0.25, 0.3) is 38.9 Å². The van der Waals surface area contributed by atoms with Crippen LogP contribution in [0.1, 0.15) is 5.82 Å². The first-order valence-electron chi connectivity index (χ1n) is 11.4. The number of hydrogen-bond acceptors (Lipinski definition) is 5. The molecule has 0 fully saturated rings. The predicted molar refractivity (Wildman–Crippen MR) is 150 cm³/mol. The number of aromatic nitrogens is 4. The van der Waals surface area contributed by atoms with Crippen LogP contribution in [0.5, 0.6) is 0 Å². The van der Waals surface area contributed by atoms with Crippen LogP contribution in [0.2, 0.25) is 0 Å². The summed E-state index contributed by atoms with van der Waals surface area (Å²) >= 11 is 5.13. The topological polar surface area (TPSA) is 60.7 Å². The van der Waals surface area contributed by atoms with Crippen LogP contribution in [-0.4, -0.2) is 19.5 Å². The molecule has 0 atom stereocenters. The second-order valence-corrected chi connectivity index (χ2v) is 10.1. The largest absolute Gasteiger partial charge is 0.268 e. The van der Waals surface area contributed by atoms with Crippen molar-refractivity contribution < 1.29 is 0 Å². The Morgan fingerprint density at radius 3 is 2.22 bits per heavy atom. The van der Waals surface area contributed by atoms with Crippen molar-refractivity contribution in [3.05, 3.63) is 124 Å². The maximum Gasteiger partial charge on any atom is 0.265 e. The smallest absolute Gasteiger partial charge is 0.265 e. The summed E-state index contributed by atoms with van der Waals surface area (Å²) in [7, 11) is 0. The minimum absolute atomic E-state index is 0.0809. The van der Waals surface area contributed by atoms with Crippen molar-refractivity contribution in [3.63, 3.8) is 0 Å². The minimum Gasteiger partial charge on any atom is -0.268 e. The third-order valence-corrected chi connectivity index (χ3v) is 7.33. The Hall–Kier alpha value is -3.81. The van der Waals surface area contributed by atoms with E-state index in [-0.39, 0.29) is 5.56 Å². The van der Waals surface area contributed by atoms with Gasteiger partial charge in [-0.2, -0.15) is 0 Å². The van der Waals surface area contributed by atoms with Crippen LogP contribution >= 0.6 is 27.7 Å². The Morgan fingerprint density at radius 2 is 1.42 bits per heavy atom. The van der Waals surface area contributed by atoms with Gasteiger partial charge in [-0.3, -0.25) is 9.36 Å². The summed E-state index contributed by atoms with van der Waals surface area (Å²) in [6.45, 7) is 0. The van der Waals surface area contributed by atoms with E-state index in [1.807, 2.05) is 103 Å². The van der Waals surface area contributed by atoms with Gasteiger partial charge in [-0.1, -0.05) is 88.4 Å². The van der Waals surface area contributed by atoms with Crippen LogP contribution < -0.4 is 5.56 Å². The van der Waals surface area contributed by atoms with Crippen LogP contribution in [0.3, 0.4) is 0 Å². The third-order valence-electron chi connectivity index (χ3n) is 5.85. The maximum atomic E-state index is 13.5. The van der Waals surface area contributed by atoms with Crippen LogP contribution in [-0.2, 0) is 5.75 Å². The number of thioether (sulfide) groups is 1. The van der Waals surface area contributed by atoms with E-state index in [2.05, 4.69) is 15.9 Å². The Labute approximate surface area is 220 Å². The van der Waals surface area contributed by atoms with Crippen molar-refractivity contribution in [1.82, 2.24) is 19.5 Å². The molecule has 174 valence electrons. The zero-order valence-corrected chi connectivity index (χ0v) is 21.4. The first kappa shape index (κ1) is 22.6. The van der Waals surface area contributed by atoms with Crippen molar-refractivity contribution in [2.75, 3.05) is 0 Å². The van der Waals surface area contributed by atoms with E-state index >= 15 is 0 Å². The van der Waals surface area contributed by atoms with Crippen LogP contribution in [0.4, 0.5) is 0 Å². The molecule has 0 spiro atoms. The molecule has 4 aromatic carbocycles. The summed E-state index contributed by atoms with van der Waals surface area (Å²) in [6, 6.07) is 33.1. The summed E-state index contributed by atoms with van der Waals surface area (Å²) in [4.78, 5) is 28.2. The van der Waals surface area contributed by atoms with Gasteiger partial charge in [0.15, 0.2) is 5.82 Å². The van der Waals surface area contributed by atoms with Gasteiger partial charge in [0.05, 0.1) is 27.9 Å². The lowest BCUT2D eigenvalue weighted by atomic mass is 10.2. The van der Waals surface area contributed by atoms with E-state index in [9.17, 15) is 4.79 Å². The first-order valence-corrected chi connectivity index (χ1v) is 13.2. The highest BCUT2D eigenvalue weighted by Gasteiger charge is 2.16. The lowest BCUT2D eigenvalue weighted by molar-refractivity contribution is 0.883. The summed E-state index contributed by atoms with van der Waals surface area (Å²) in [5, 5.41) is 2.38. The van der Waals surface area contributed by atoms with Gasteiger partial charge in [0.25, 0.3) is 5.56 Å². The highest BCUT2D eigenvalue weighted by atomic mass is 79.9. The molecule has 6 rings (SSSR count). The second-order valence-electron chi connectivity index (χ2n) is 8.19. The van der Waals surface area contributed by atoms with E-state index in [1.54, 1.807) is 16.3 Å². The van der Waals surface area contributed by atoms with Crippen molar-refractivity contribution in [2.45, 2.75) is 10.8 Å². The number of rotatable bonds is 5. The van der Waals surface area contributed by atoms with Gasteiger partial charge in [-0.05, 0) is 42.5 Å². The van der Waals surface area contributed by atoms with Gasteiger partial charge in [0.2, 0.25) is 0 Å². The maximum absolute atomic E-state index is 13.5. The van der Waals surface area contributed by atoms with Crippen molar-refractivity contribution in [2.24, 2.45) is 0 Å². The summed E-state index contributed by atoms with van der Waals surface area (Å²) in [6.07, 6.45) is 0. The number of fused-ring (bicyclic) bond motifs is 2. The zero-order valence-electron chi connectivity index (χ0n) is 19.0. The number of para-hydroxylation sites is 2. The summed E-state index contributed by atoms with van der Waals surface area (Å²) in [5.74, 6) is 1.79. The van der Waals surface area contributed by atoms with Crippen LogP contribution in [0, 0.1) is 0 Å². The molecule has 0 bridgehead atoms. The van der Waals surface area contributed by atoms with Crippen molar-refractivity contribution in [1.29, 1.82) is 0 Å². The Bertz CT molecular complexity index is 1770. The molecule has 0 aliphatic carbocycles. The van der Waals surface area contributed by atoms with E-state index < -0.39 is 0 Å². The molecule has 5 nitrogen and oxygen atoms in total. The molecular weight excluding hydrogens is 532 g/mol. The predicted octanol–water partition coefficient (Wildman–Crippen LogP) is 7.05. The van der Waals surface area contributed by atoms with Gasteiger partial charge in [-0.25, -0.2) is 15.0 Å². The zero-order chi connectivity index (χ0) is 24.5. The molecule has 0 saturated carbocycles.